The molecule has 0 unspecified atom stereocenters. The van der Waals surface area contributed by atoms with Gasteiger partial charge in [-0.15, -0.1) is 0 Å². The Labute approximate surface area is 118 Å². The van der Waals surface area contributed by atoms with E-state index in [0.29, 0.717) is 0 Å². The van der Waals surface area contributed by atoms with Gasteiger partial charge in [-0.3, -0.25) is 4.55 Å². The molecule has 0 bridgehead atoms. The molecule has 1 aromatic carbocycles. The highest BCUT2D eigenvalue weighted by Crippen LogP contribution is 2.29. The van der Waals surface area contributed by atoms with Gasteiger partial charge in [0.1, 0.15) is 0 Å². The van der Waals surface area contributed by atoms with Crippen molar-refractivity contribution in [1.29, 1.82) is 0 Å². The van der Waals surface area contributed by atoms with Crippen LogP contribution >= 0.6 is 0 Å². The van der Waals surface area contributed by atoms with Crippen LogP contribution in [-0.4, -0.2) is 21.8 Å². The summed E-state index contributed by atoms with van der Waals surface area (Å²) in [7, 11) is -5.35. The molecule has 1 rings (SSSR count). The molecule has 0 aliphatic carbocycles. The maximum atomic E-state index is 11.6. The Morgan fingerprint density at radius 2 is 1.58 bits per heavy atom. The lowest BCUT2D eigenvalue weighted by molar-refractivity contribution is 0.482. The highest BCUT2D eigenvalue weighted by atomic mass is 32.2. The SMILES string of the molecule is Cc1c(C(C)(C)C)cc(S(=O)(=O)O)c(C)c1[SiH](C)C. The first-order chi connectivity index (χ1) is 8.37. The van der Waals surface area contributed by atoms with Gasteiger partial charge in [-0.25, -0.2) is 0 Å². The fourth-order valence-corrected chi connectivity index (χ4v) is 5.73. The third-order valence-electron chi connectivity index (χ3n) is 3.52. The number of rotatable bonds is 2. The van der Waals surface area contributed by atoms with Crippen molar-refractivity contribution in [2.45, 2.75) is 58.0 Å². The summed E-state index contributed by atoms with van der Waals surface area (Å²) in [6, 6.07) is 1.64. The highest BCUT2D eigenvalue weighted by molar-refractivity contribution is 7.85. The normalized spacial score (nSPS) is 13.1. The predicted octanol–water partition coefficient (Wildman–Crippen LogP) is 2.54. The first-order valence-electron chi connectivity index (χ1n) is 6.49. The summed E-state index contributed by atoms with van der Waals surface area (Å²) in [4.78, 5) is 0.0687. The van der Waals surface area contributed by atoms with Gasteiger partial charge in [0, 0.05) is 0 Å². The van der Waals surface area contributed by atoms with E-state index < -0.39 is 18.9 Å². The molecule has 5 heteroatoms. The van der Waals surface area contributed by atoms with E-state index in [1.54, 1.807) is 13.0 Å². The van der Waals surface area contributed by atoms with Crippen LogP contribution in [0, 0.1) is 13.8 Å². The maximum Gasteiger partial charge on any atom is 0.294 e. The lowest BCUT2D eigenvalue weighted by Gasteiger charge is -2.27. The van der Waals surface area contributed by atoms with Crippen LogP contribution in [0.4, 0.5) is 0 Å². The van der Waals surface area contributed by atoms with Crippen molar-refractivity contribution in [2.24, 2.45) is 0 Å². The smallest absolute Gasteiger partial charge is 0.282 e. The molecule has 0 aliphatic heterocycles. The van der Waals surface area contributed by atoms with Crippen LogP contribution < -0.4 is 5.19 Å². The summed E-state index contributed by atoms with van der Waals surface area (Å²) in [5.74, 6) is 0. The van der Waals surface area contributed by atoms with Crippen molar-refractivity contribution < 1.29 is 13.0 Å². The molecule has 0 radical (unpaired) electrons. The van der Waals surface area contributed by atoms with Gasteiger partial charge >= 0.3 is 0 Å². The van der Waals surface area contributed by atoms with E-state index in [1.165, 1.54) is 5.56 Å². The Kier molecular flexibility index (Phi) is 4.35. The predicted molar refractivity (Wildman–Crippen MR) is 82.9 cm³/mol. The van der Waals surface area contributed by atoms with E-state index in [2.05, 4.69) is 40.8 Å². The summed E-state index contributed by atoms with van der Waals surface area (Å²) in [6.07, 6.45) is 0. The highest BCUT2D eigenvalue weighted by Gasteiger charge is 2.26. The molecule has 1 aromatic rings. The first kappa shape index (κ1) is 16.4. The Hall–Kier alpha value is -0.653. The Morgan fingerprint density at radius 3 is 1.89 bits per heavy atom. The molecule has 0 amide bonds. The van der Waals surface area contributed by atoms with Crippen LogP contribution in [-0.2, 0) is 15.5 Å². The fraction of sp³-hybridized carbons (Fsp3) is 0.571. The van der Waals surface area contributed by atoms with Gasteiger partial charge < -0.3 is 0 Å². The van der Waals surface area contributed by atoms with Crippen molar-refractivity contribution in [3.8, 4) is 0 Å². The summed E-state index contributed by atoms with van der Waals surface area (Å²) in [6.45, 7) is 14.4. The number of benzene rings is 1. The van der Waals surface area contributed by atoms with E-state index >= 15 is 0 Å². The van der Waals surface area contributed by atoms with Crippen LogP contribution in [0.2, 0.25) is 13.1 Å². The van der Waals surface area contributed by atoms with E-state index in [1.807, 2.05) is 0 Å². The van der Waals surface area contributed by atoms with Gasteiger partial charge in [-0.1, -0.05) is 39.1 Å². The molecule has 19 heavy (non-hydrogen) atoms. The van der Waals surface area contributed by atoms with E-state index in [-0.39, 0.29) is 10.3 Å². The second kappa shape index (κ2) is 5.03. The summed E-state index contributed by atoms with van der Waals surface area (Å²) < 4.78 is 32.6. The minimum Gasteiger partial charge on any atom is -0.282 e. The molecule has 0 saturated carbocycles. The average Bonchev–Trinajstić information content (AvgIpc) is 2.12. The van der Waals surface area contributed by atoms with E-state index in [4.69, 9.17) is 0 Å². The quantitative estimate of drug-likeness (QED) is 0.674. The Bertz CT molecular complexity index is 596. The monoisotopic (exact) mass is 300 g/mol. The fourth-order valence-electron chi connectivity index (χ4n) is 2.82. The molecule has 3 nitrogen and oxygen atoms in total. The van der Waals surface area contributed by atoms with Gasteiger partial charge in [0.2, 0.25) is 0 Å². The third kappa shape index (κ3) is 3.27. The third-order valence-corrected chi connectivity index (χ3v) is 6.52. The van der Waals surface area contributed by atoms with Crippen molar-refractivity contribution in [2.75, 3.05) is 0 Å². The van der Waals surface area contributed by atoms with Crippen LogP contribution in [0.5, 0.6) is 0 Å². The summed E-state index contributed by atoms with van der Waals surface area (Å²) in [5.41, 5.74) is 2.76. The zero-order valence-electron chi connectivity index (χ0n) is 12.8. The molecule has 0 aliphatic rings. The van der Waals surface area contributed by atoms with Crippen molar-refractivity contribution in [1.82, 2.24) is 0 Å². The van der Waals surface area contributed by atoms with Crippen molar-refractivity contribution >= 4 is 24.1 Å². The molecule has 1 N–H and O–H groups in total. The van der Waals surface area contributed by atoms with Gasteiger partial charge in [0.15, 0.2) is 0 Å². The van der Waals surface area contributed by atoms with E-state index in [0.717, 1.165) is 16.3 Å². The Balaban J connectivity index is 3.86. The molecule has 0 saturated heterocycles. The number of hydrogen-bond donors (Lipinski definition) is 1. The minimum atomic E-state index is -4.17. The second-order valence-corrected chi connectivity index (χ2v) is 10.7. The molecular weight excluding hydrogens is 276 g/mol. The van der Waals surface area contributed by atoms with Gasteiger partial charge in [0.05, 0.1) is 13.7 Å². The van der Waals surface area contributed by atoms with Crippen molar-refractivity contribution in [3.63, 3.8) is 0 Å². The van der Waals surface area contributed by atoms with Gasteiger partial charge in [-0.05, 0) is 42.0 Å². The zero-order valence-corrected chi connectivity index (χ0v) is 14.8. The zero-order chi connectivity index (χ0) is 15.2. The average molecular weight is 300 g/mol. The first-order valence-corrected chi connectivity index (χ1v) is 10.8. The van der Waals surface area contributed by atoms with E-state index in [9.17, 15) is 13.0 Å². The summed E-state index contributed by atoms with van der Waals surface area (Å²) >= 11 is 0. The molecule has 108 valence electrons. The molecule has 0 spiro atoms. The van der Waals surface area contributed by atoms with Crippen molar-refractivity contribution in [3.05, 3.63) is 22.8 Å². The molecule has 0 heterocycles. The summed E-state index contributed by atoms with van der Waals surface area (Å²) in [5, 5.41) is 1.15. The van der Waals surface area contributed by atoms with Crippen LogP contribution in [0.3, 0.4) is 0 Å². The lowest BCUT2D eigenvalue weighted by atomic mass is 9.83. The lowest BCUT2D eigenvalue weighted by Crippen LogP contribution is -2.33. The molecule has 0 atom stereocenters. The maximum absolute atomic E-state index is 11.6. The molecule has 0 aromatic heterocycles. The van der Waals surface area contributed by atoms with Crippen LogP contribution in [0.15, 0.2) is 11.0 Å². The van der Waals surface area contributed by atoms with Crippen LogP contribution in [0.1, 0.15) is 37.5 Å². The largest absolute Gasteiger partial charge is 0.294 e. The molecular formula is C14H24O3SSi. The standard InChI is InChI=1S/C14H24O3SSi/c1-9-11(14(3,4)5)8-12(18(15,16)17)10(2)13(9)19(6)7/h8,19H,1-7H3,(H,15,16,17). The van der Waals surface area contributed by atoms with Crippen LogP contribution in [0.25, 0.3) is 0 Å². The molecule has 0 fully saturated rings. The second-order valence-electron chi connectivity index (χ2n) is 6.47. The Morgan fingerprint density at radius 1 is 1.11 bits per heavy atom. The number of hydrogen-bond acceptors (Lipinski definition) is 2. The topological polar surface area (TPSA) is 54.4 Å². The van der Waals surface area contributed by atoms with Gasteiger partial charge in [-0.2, -0.15) is 8.42 Å². The minimum absolute atomic E-state index is 0.0687. The van der Waals surface area contributed by atoms with Gasteiger partial charge in [0.25, 0.3) is 10.1 Å².